The first-order valence-corrected chi connectivity index (χ1v) is 49.3. The van der Waals surface area contributed by atoms with Crippen LogP contribution in [0.15, 0.2) is 0 Å². The SMILES string of the molecule is C1CCC(N2C3CCCCC3C3CC(C4CCC(C5CCC6C(C5)C5CCCCC5N6C5CCC6CC7CCCCC7C6C5)CC4)CCC32)CC1.C1CCC(N2C3CCCCC3C3CC(C4CCC(C5CCC6C(C5)C5CCCCC5N6C5CCC6OC7CCCCC7C6C5)CC4)CCC32)CC1. The fourth-order valence-corrected chi connectivity index (χ4v) is 36.9. The second-order valence-electron chi connectivity index (χ2n) is 44.1. The topological polar surface area (TPSA) is 22.2 Å². The van der Waals surface area contributed by atoms with E-state index in [0.717, 1.165) is 203 Å². The van der Waals surface area contributed by atoms with Crippen LogP contribution in [0.3, 0.4) is 0 Å². The maximum Gasteiger partial charge on any atom is 0.0612 e. The standard InChI is InChI=1S/C49H80N2.C48H78N2O/c1-2-11-38(12-3-1)50-46-16-8-6-14-41(46)44-29-34(23-26-48(44)50)32-18-20-33(21-19-32)35-24-27-49-45(30-35)42-15-7-9-17-47(42)51(49)39-25-22-37-28-36-10-4-5-13-40(36)43(37)31-39;1-2-10-35(11-3-1)49-43-15-7-4-12-37(43)40-28-33(22-25-45(40)49)31-18-20-32(21-19-31)34-23-26-46-41(29-34)38-13-5-8-16-44(38)50(46)36-24-27-48-42(30-36)39-14-6-9-17-47(39)51-48/h32-49H,1-31H2;31-48H,1-30H2. The van der Waals surface area contributed by atoms with Crippen LogP contribution in [0.2, 0.25) is 0 Å². The minimum Gasteiger partial charge on any atom is -0.374 e. The first kappa shape index (κ1) is 69.7. The lowest BCUT2D eigenvalue weighted by molar-refractivity contribution is -0.0186. The van der Waals surface area contributed by atoms with Crippen LogP contribution in [0.1, 0.15) is 392 Å². The molecule has 102 heavy (non-hydrogen) atoms. The van der Waals surface area contributed by atoms with Crippen LogP contribution in [0.5, 0.6) is 0 Å². The van der Waals surface area contributed by atoms with Gasteiger partial charge < -0.3 is 4.74 Å². The van der Waals surface area contributed by atoms with Crippen molar-refractivity contribution < 1.29 is 4.74 Å². The van der Waals surface area contributed by atoms with Crippen LogP contribution >= 0.6 is 0 Å². The predicted octanol–water partition coefficient (Wildman–Crippen LogP) is 24.0. The summed E-state index contributed by atoms with van der Waals surface area (Å²) in [7, 11) is 0. The Morgan fingerprint density at radius 2 is 0.422 bits per heavy atom. The Kier molecular flexibility index (Phi) is 20.8. The Labute approximate surface area is 627 Å². The molecule has 17 aliphatic carbocycles. The molecule has 5 heteroatoms. The Morgan fingerprint density at radius 3 is 0.843 bits per heavy atom. The third-order valence-electron chi connectivity index (χ3n) is 40.7. The quantitative estimate of drug-likeness (QED) is 0.241. The second kappa shape index (κ2) is 30.4. The number of rotatable bonds is 8. The van der Waals surface area contributed by atoms with Crippen molar-refractivity contribution >= 4 is 0 Å². The Balaban J connectivity index is 0.000000133. The van der Waals surface area contributed by atoms with Gasteiger partial charge in [0, 0.05) is 72.5 Å². The highest BCUT2D eigenvalue weighted by Gasteiger charge is 2.61. The smallest absolute Gasteiger partial charge is 0.0612 e. The van der Waals surface area contributed by atoms with Gasteiger partial charge in [0.2, 0.25) is 0 Å². The van der Waals surface area contributed by atoms with E-state index in [1.54, 1.807) is 244 Å². The average Bonchev–Trinajstić information content (AvgIpc) is 1.57. The molecule has 0 bridgehead atoms. The van der Waals surface area contributed by atoms with Crippen LogP contribution < -0.4 is 0 Å². The fraction of sp³-hybridized carbons (Fsp3) is 1.00. The van der Waals surface area contributed by atoms with Gasteiger partial charge in [-0.15, -0.1) is 0 Å². The van der Waals surface area contributed by atoms with Gasteiger partial charge in [-0.3, -0.25) is 19.6 Å². The predicted molar refractivity (Wildman–Crippen MR) is 420 cm³/mol. The van der Waals surface area contributed by atoms with Gasteiger partial charge in [-0.2, -0.15) is 0 Å². The van der Waals surface area contributed by atoms with Crippen molar-refractivity contribution in [2.75, 3.05) is 0 Å². The molecule has 17 saturated carbocycles. The van der Waals surface area contributed by atoms with Crippen LogP contribution in [0.4, 0.5) is 0 Å². The summed E-state index contributed by atoms with van der Waals surface area (Å²) in [5.74, 6) is 23.4. The third-order valence-corrected chi connectivity index (χ3v) is 40.7. The molecule has 0 amide bonds. The Morgan fingerprint density at radius 1 is 0.137 bits per heavy atom. The van der Waals surface area contributed by atoms with Crippen molar-refractivity contribution in [3.05, 3.63) is 0 Å². The summed E-state index contributed by atoms with van der Waals surface area (Å²) in [6.07, 6.45) is 96.1. The van der Waals surface area contributed by atoms with Gasteiger partial charge in [-0.25, -0.2) is 0 Å². The van der Waals surface area contributed by atoms with Crippen LogP contribution in [0.25, 0.3) is 0 Å². The van der Waals surface area contributed by atoms with E-state index in [1.807, 2.05) is 0 Å². The number of hydrogen-bond donors (Lipinski definition) is 0. The summed E-state index contributed by atoms with van der Waals surface area (Å²) in [5, 5.41) is 0. The molecule has 5 nitrogen and oxygen atoms in total. The normalized spacial score (nSPS) is 53.8. The lowest BCUT2D eigenvalue weighted by atomic mass is 9.61. The molecular weight excluding hydrogens is 1240 g/mol. The van der Waals surface area contributed by atoms with Crippen LogP contribution in [0, 0.1) is 130 Å². The lowest BCUT2D eigenvalue weighted by Crippen LogP contribution is -2.50. The van der Waals surface area contributed by atoms with E-state index < -0.39 is 0 Å². The van der Waals surface area contributed by atoms with E-state index in [-0.39, 0.29) is 0 Å². The van der Waals surface area contributed by atoms with Gasteiger partial charge in [-0.1, -0.05) is 122 Å². The van der Waals surface area contributed by atoms with E-state index in [1.165, 1.54) is 148 Å². The van der Waals surface area contributed by atoms with Crippen molar-refractivity contribution in [1.29, 1.82) is 0 Å². The zero-order valence-corrected chi connectivity index (χ0v) is 66.1. The summed E-state index contributed by atoms with van der Waals surface area (Å²) in [5.41, 5.74) is 0. The van der Waals surface area contributed by atoms with Gasteiger partial charge in [0.15, 0.2) is 0 Å². The Bertz CT molecular complexity index is 2560. The van der Waals surface area contributed by atoms with Crippen molar-refractivity contribution in [2.24, 2.45) is 130 Å². The van der Waals surface area contributed by atoms with E-state index >= 15 is 0 Å². The molecule has 5 aliphatic heterocycles. The molecule has 0 spiro atoms. The molecule has 572 valence electrons. The van der Waals surface area contributed by atoms with Crippen molar-refractivity contribution in [3.63, 3.8) is 0 Å². The van der Waals surface area contributed by atoms with Crippen molar-refractivity contribution in [3.8, 4) is 0 Å². The summed E-state index contributed by atoms with van der Waals surface area (Å²) in [4.78, 5) is 13.2. The maximum atomic E-state index is 6.77. The molecule has 0 aromatic heterocycles. The number of ether oxygens (including phenoxy) is 1. The minimum absolute atomic E-state index is 0.620. The highest BCUT2D eigenvalue weighted by Crippen LogP contribution is 2.63. The molecule has 0 N–H and O–H groups in total. The number of likely N-dealkylation sites (tertiary alicyclic amines) is 4. The molecule has 0 aromatic carbocycles. The molecule has 5 saturated heterocycles. The van der Waals surface area contributed by atoms with Crippen molar-refractivity contribution in [2.45, 2.75) is 476 Å². The molecule has 22 aliphatic rings. The second-order valence-corrected chi connectivity index (χ2v) is 44.1. The lowest BCUT2D eigenvalue weighted by Gasteiger charge is -2.47. The van der Waals surface area contributed by atoms with Gasteiger partial charge >= 0.3 is 0 Å². The van der Waals surface area contributed by atoms with Crippen LogP contribution in [-0.2, 0) is 4.74 Å². The molecule has 0 aromatic rings. The monoisotopic (exact) mass is 1400 g/mol. The zero-order valence-electron chi connectivity index (χ0n) is 66.1. The highest BCUT2D eigenvalue weighted by molar-refractivity contribution is 5.14. The van der Waals surface area contributed by atoms with Gasteiger partial charge in [0.05, 0.1) is 12.2 Å². The third kappa shape index (κ3) is 12.8. The summed E-state index contributed by atoms with van der Waals surface area (Å²) < 4.78 is 6.77. The average molecular weight is 1400 g/mol. The summed E-state index contributed by atoms with van der Waals surface area (Å²) in [6, 6.07) is 11.5. The van der Waals surface area contributed by atoms with Crippen LogP contribution in [-0.4, -0.2) is 104 Å². The zero-order chi connectivity index (χ0) is 66.9. The summed E-state index contributed by atoms with van der Waals surface area (Å²) >= 11 is 0. The molecule has 22 rings (SSSR count). The maximum absolute atomic E-state index is 6.77. The highest BCUT2D eigenvalue weighted by atomic mass is 16.5. The largest absolute Gasteiger partial charge is 0.374 e. The summed E-state index contributed by atoms with van der Waals surface area (Å²) in [6.45, 7) is 0. The van der Waals surface area contributed by atoms with E-state index in [4.69, 9.17) is 4.74 Å². The molecule has 22 fully saturated rings. The molecular formula is C97H158N4O. The van der Waals surface area contributed by atoms with E-state index in [9.17, 15) is 0 Å². The van der Waals surface area contributed by atoms with E-state index in [0.29, 0.717) is 12.2 Å². The van der Waals surface area contributed by atoms with E-state index in [2.05, 4.69) is 19.6 Å². The Hall–Kier alpha value is -0.200. The first-order valence-electron chi connectivity index (χ1n) is 49.3. The van der Waals surface area contributed by atoms with Gasteiger partial charge in [-0.05, 0) is 400 Å². The van der Waals surface area contributed by atoms with Crippen molar-refractivity contribution in [1.82, 2.24) is 19.6 Å². The molecule has 30 atom stereocenters. The number of nitrogens with zero attached hydrogens (tertiary/aromatic N) is 4. The minimum atomic E-state index is 0.620. The van der Waals surface area contributed by atoms with Gasteiger partial charge in [0.25, 0.3) is 0 Å². The molecule has 0 radical (unpaired) electrons. The fourth-order valence-electron chi connectivity index (χ4n) is 36.9. The molecule has 30 unspecified atom stereocenters. The van der Waals surface area contributed by atoms with Gasteiger partial charge in [0.1, 0.15) is 0 Å². The number of hydrogen-bond acceptors (Lipinski definition) is 5. The number of fused-ring (bicyclic) bond motifs is 18. The first-order chi connectivity index (χ1) is 50.6. The molecule has 5 heterocycles.